The number of rotatable bonds is 4. The van der Waals surface area contributed by atoms with Crippen molar-refractivity contribution >= 4 is 17.5 Å². The van der Waals surface area contributed by atoms with Gasteiger partial charge in [0.15, 0.2) is 0 Å². The average molecular weight is 370 g/mol. The minimum absolute atomic E-state index is 0.0715. The summed E-state index contributed by atoms with van der Waals surface area (Å²) in [6, 6.07) is 8.88. The Bertz CT molecular complexity index is 673. The average Bonchev–Trinajstić information content (AvgIpc) is 3.38. The molecule has 2 amide bonds. The van der Waals surface area contributed by atoms with Crippen LogP contribution in [0.15, 0.2) is 24.3 Å². The van der Waals surface area contributed by atoms with E-state index in [1.807, 2.05) is 17.0 Å². The van der Waals surface area contributed by atoms with Gasteiger partial charge in [0.1, 0.15) is 0 Å². The monoisotopic (exact) mass is 369 g/mol. The second-order valence-electron chi connectivity index (χ2n) is 8.22. The van der Waals surface area contributed by atoms with Gasteiger partial charge in [0.05, 0.1) is 5.92 Å². The molecule has 0 aromatic heterocycles. The quantitative estimate of drug-likeness (QED) is 0.820. The molecule has 1 atom stereocenters. The first-order valence-electron chi connectivity index (χ1n) is 10.6. The Morgan fingerprint density at radius 3 is 2.33 bits per heavy atom. The topological polar surface area (TPSA) is 43.9 Å². The summed E-state index contributed by atoms with van der Waals surface area (Å²) in [5.74, 6) is 0.0469. The Balaban J connectivity index is 1.33. The van der Waals surface area contributed by atoms with Crippen LogP contribution < -0.4 is 4.90 Å². The van der Waals surface area contributed by atoms with Crippen molar-refractivity contribution in [2.45, 2.75) is 51.5 Å². The van der Waals surface area contributed by atoms with E-state index in [-0.39, 0.29) is 17.7 Å². The predicted molar refractivity (Wildman–Crippen MR) is 107 cm³/mol. The fraction of sp³-hybridized carbons (Fsp3) is 0.636. The maximum Gasteiger partial charge on any atom is 0.228 e. The molecule has 5 nitrogen and oxygen atoms in total. The van der Waals surface area contributed by atoms with Gasteiger partial charge >= 0.3 is 0 Å². The van der Waals surface area contributed by atoms with E-state index in [4.69, 9.17) is 0 Å². The van der Waals surface area contributed by atoms with Crippen LogP contribution in [0.3, 0.4) is 0 Å². The van der Waals surface area contributed by atoms with E-state index in [1.165, 1.54) is 31.2 Å². The molecule has 0 radical (unpaired) electrons. The molecule has 2 saturated heterocycles. The van der Waals surface area contributed by atoms with E-state index in [0.717, 1.165) is 44.3 Å². The van der Waals surface area contributed by atoms with Crippen LogP contribution in [0.5, 0.6) is 0 Å². The van der Waals surface area contributed by atoms with Crippen molar-refractivity contribution in [2.24, 2.45) is 5.92 Å². The normalized spacial score (nSPS) is 24.8. The molecule has 0 bridgehead atoms. The van der Waals surface area contributed by atoms with Crippen molar-refractivity contribution < 1.29 is 9.59 Å². The van der Waals surface area contributed by atoms with Crippen molar-refractivity contribution in [1.82, 2.24) is 9.80 Å². The summed E-state index contributed by atoms with van der Waals surface area (Å²) in [4.78, 5) is 31.8. The maximum absolute atomic E-state index is 13.0. The third-order valence-electron chi connectivity index (χ3n) is 6.60. The zero-order valence-electron chi connectivity index (χ0n) is 16.4. The Morgan fingerprint density at radius 1 is 1.04 bits per heavy atom. The van der Waals surface area contributed by atoms with Crippen LogP contribution in [-0.2, 0) is 16.0 Å². The minimum atomic E-state index is -0.193. The van der Waals surface area contributed by atoms with Crippen molar-refractivity contribution in [2.75, 3.05) is 37.6 Å². The number of benzene rings is 1. The van der Waals surface area contributed by atoms with Gasteiger partial charge in [0, 0.05) is 50.9 Å². The summed E-state index contributed by atoms with van der Waals surface area (Å²) in [6.45, 7) is 6.23. The lowest BCUT2D eigenvalue weighted by Gasteiger charge is -2.38. The van der Waals surface area contributed by atoms with Gasteiger partial charge in [-0.15, -0.1) is 0 Å². The molecule has 146 valence electrons. The van der Waals surface area contributed by atoms with E-state index in [1.54, 1.807) is 4.90 Å². The van der Waals surface area contributed by atoms with E-state index < -0.39 is 0 Å². The maximum atomic E-state index is 13.0. The summed E-state index contributed by atoms with van der Waals surface area (Å²) in [5, 5.41) is 0. The number of aryl methyl sites for hydroxylation is 1. The van der Waals surface area contributed by atoms with Gasteiger partial charge in [-0.3, -0.25) is 14.5 Å². The summed E-state index contributed by atoms with van der Waals surface area (Å²) >= 11 is 0. The number of carbonyl (C=O) groups is 2. The molecular weight excluding hydrogens is 338 g/mol. The highest BCUT2D eigenvalue weighted by molar-refractivity contribution is 6.00. The number of hydrogen-bond donors (Lipinski definition) is 0. The van der Waals surface area contributed by atoms with E-state index >= 15 is 0 Å². The minimum Gasteiger partial charge on any atom is -0.340 e. The standard InChI is InChI=1S/C22H31N3O2/c1-2-17-7-9-20(10-8-17)25-16-18(15-21(25)26)22(27)24-13-11-23(12-14-24)19-5-3-4-6-19/h7-10,18-19H,2-6,11-16H2,1H3/t18-/m1/s1. The molecule has 0 spiro atoms. The lowest BCUT2D eigenvalue weighted by molar-refractivity contribution is -0.137. The first-order chi connectivity index (χ1) is 13.2. The molecule has 2 aliphatic heterocycles. The second kappa shape index (κ2) is 8.01. The van der Waals surface area contributed by atoms with Gasteiger partial charge in [-0.05, 0) is 37.0 Å². The van der Waals surface area contributed by atoms with E-state index in [0.29, 0.717) is 13.0 Å². The molecule has 0 N–H and O–H groups in total. The summed E-state index contributed by atoms with van der Waals surface area (Å²) < 4.78 is 0. The van der Waals surface area contributed by atoms with Crippen LogP contribution in [0.4, 0.5) is 5.69 Å². The zero-order chi connectivity index (χ0) is 18.8. The van der Waals surface area contributed by atoms with Crippen molar-refractivity contribution in [3.05, 3.63) is 29.8 Å². The van der Waals surface area contributed by atoms with Gasteiger partial charge in [0.25, 0.3) is 0 Å². The van der Waals surface area contributed by atoms with Crippen LogP contribution in [0.25, 0.3) is 0 Å². The molecule has 1 aromatic carbocycles. The molecule has 3 aliphatic rings. The van der Waals surface area contributed by atoms with Gasteiger partial charge in [-0.25, -0.2) is 0 Å². The molecule has 1 aliphatic carbocycles. The van der Waals surface area contributed by atoms with Gasteiger partial charge < -0.3 is 9.80 Å². The molecule has 4 rings (SSSR count). The molecule has 3 fully saturated rings. The van der Waals surface area contributed by atoms with Gasteiger partial charge in [-0.1, -0.05) is 31.9 Å². The van der Waals surface area contributed by atoms with Gasteiger partial charge in [0.2, 0.25) is 11.8 Å². The molecular formula is C22H31N3O2. The number of piperazine rings is 1. The lowest BCUT2D eigenvalue weighted by atomic mass is 10.1. The number of carbonyl (C=O) groups excluding carboxylic acids is 2. The highest BCUT2D eigenvalue weighted by Crippen LogP contribution is 2.28. The number of nitrogens with zero attached hydrogens (tertiary/aromatic N) is 3. The Labute approximate surface area is 162 Å². The molecule has 2 heterocycles. The predicted octanol–water partition coefficient (Wildman–Crippen LogP) is 2.69. The molecule has 27 heavy (non-hydrogen) atoms. The number of amides is 2. The largest absolute Gasteiger partial charge is 0.340 e. The first-order valence-corrected chi connectivity index (χ1v) is 10.6. The Morgan fingerprint density at radius 2 is 1.70 bits per heavy atom. The Hall–Kier alpha value is -1.88. The Kier molecular flexibility index (Phi) is 5.48. The van der Waals surface area contributed by atoms with Crippen LogP contribution in [-0.4, -0.2) is 60.4 Å². The molecule has 1 aromatic rings. The summed E-state index contributed by atoms with van der Waals surface area (Å²) in [7, 11) is 0. The van der Waals surface area contributed by atoms with Crippen molar-refractivity contribution in [1.29, 1.82) is 0 Å². The van der Waals surface area contributed by atoms with E-state index in [9.17, 15) is 9.59 Å². The molecule has 5 heteroatoms. The SMILES string of the molecule is CCc1ccc(N2C[C@H](C(=O)N3CCN(C4CCCC4)CC3)CC2=O)cc1. The smallest absolute Gasteiger partial charge is 0.228 e. The number of anilines is 1. The van der Waals surface area contributed by atoms with E-state index in [2.05, 4.69) is 24.0 Å². The van der Waals surface area contributed by atoms with Gasteiger partial charge in [-0.2, -0.15) is 0 Å². The van der Waals surface area contributed by atoms with Crippen LogP contribution in [0.1, 0.15) is 44.6 Å². The highest BCUT2D eigenvalue weighted by atomic mass is 16.2. The summed E-state index contributed by atoms with van der Waals surface area (Å²) in [5.41, 5.74) is 2.18. The van der Waals surface area contributed by atoms with Crippen LogP contribution >= 0.6 is 0 Å². The van der Waals surface area contributed by atoms with Crippen LogP contribution in [0, 0.1) is 5.92 Å². The lowest BCUT2D eigenvalue weighted by Crippen LogP contribution is -2.52. The third-order valence-corrected chi connectivity index (χ3v) is 6.60. The summed E-state index contributed by atoms with van der Waals surface area (Å²) in [6.07, 6.45) is 6.67. The second-order valence-corrected chi connectivity index (χ2v) is 8.22. The van der Waals surface area contributed by atoms with Crippen LogP contribution in [0.2, 0.25) is 0 Å². The highest BCUT2D eigenvalue weighted by Gasteiger charge is 2.38. The fourth-order valence-electron chi connectivity index (χ4n) is 4.87. The molecule has 0 unspecified atom stereocenters. The fourth-order valence-corrected chi connectivity index (χ4v) is 4.87. The first kappa shape index (κ1) is 18.5. The number of hydrogen-bond acceptors (Lipinski definition) is 3. The third kappa shape index (κ3) is 3.88. The zero-order valence-corrected chi connectivity index (χ0v) is 16.4. The molecule has 1 saturated carbocycles. The van der Waals surface area contributed by atoms with Crippen molar-refractivity contribution in [3.63, 3.8) is 0 Å². The van der Waals surface area contributed by atoms with Crippen molar-refractivity contribution in [3.8, 4) is 0 Å².